The van der Waals surface area contributed by atoms with Crippen LogP contribution in [0.1, 0.15) is 35.8 Å². The molecular weight excluding hydrogens is 547 g/mol. The maximum Gasteiger partial charge on any atom is 0.305 e. The molecule has 0 N–H and O–H groups in total. The minimum atomic E-state index is -0.527. The van der Waals surface area contributed by atoms with Crippen LogP contribution in [0.5, 0.6) is 0 Å². The van der Waals surface area contributed by atoms with E-state index in [0.29, 0.717) is 28.7 Å². The molecule has 2 aromatic heterocycles. The molecule has 0 unspecified atom stereocenters. The Morgan fingerprint density at radius 2 is 2.06 bits per heavy atom. The Hall–Kier alpha value is -3.31. The van der Waals surface area contributed by atoms with E-state index in [2.05, 4.69) is 31.1 Å². The van der Waals surface area contributed by atoms with Gasteiger partial charge in [0.2, 0.25) is 0 Å². The van der Waals surface area contributed by atoms with E-state index in [-0.39, 0.29) is 18.2 Å². The fourth-order valence-electron chi connectivity index (χ4n) is 4.07. The summed E-state index contributed by atoms with van der Waals surface area (Å²) in [5.74, 6) is 0.623. The van der Waals surface area contributed by atoms with Gasteiger partial charge in [-0.05, 0) is 36.8 Å². The monoisotopic (exact) mass is 568 g/mol. The number of imidazole rings is 1. The molecule has 4 aromatic rings. The fourth-order valence-corrected chi connectivity index (χ4v) is 5.34. The second kappa shape index (κ2) is 10.8. The number of esters is 1. The van der Waals surface area contributed by atoms with Crippen LogP contribution in [0.4, 0.5) is 4.39 Å². The first-order valence-electron chi connectivity index (χ1n) is 11.3. The summed E-state index contributed by atoms with van der Waals surface area (Å²) in [6.45, 7) is 0.753. The number of methoxy groups -OCH3 is 1. The average molecular weight is 569 g/mol. The first-order valence-corrected chi connectivity index (χ1v) is 13.1. The number of aromatic nitrogens is 5. The van der Waals surface area contributed by atoms with E-state index in [9.17, 15) is 4.79 Å². The number of carbonyl (C=O) groups is 1. The normalized spacial score (nSPS) is 14.5. The van der Waals surface area contributed by atoms with Gasteiger partial charge in [0.15, 0.2) is 11.0 Å². The number of thioether (sulfide) groups is 1. The van der Waals surface area contributed by atoms with E-state index >= 15 is 4.39 Å². The summed E-state index contributed by atoms with van der Waals surface area (Å²) in [6.07, 6.45) is 5.92. The molecule has 0 saturated carbocycles. The van der Waals surface area contributed by atoms with Crippen LogP contribution in [0.3, 0.4) is 0 Å². The van der Waals surface area contributed by atoms with E-state index in [0.717, 1.165) is 28.0 Å². The molecule has 0 fully saturated rings. The molecule has 8 nitrogen and oxygen atoms in total. The number of hydrogen-bond donors (Lipinski definition) is 0. The highest BCUT2D eigenvalue weighted by Gasteiger charge is 2.30. The zero-order valence-corrected chi connectivity index (χ0v) is 21.7. The van der Waals surface area contributed by atoms with Gasteiger partial charge in [-0.15, -0.1) is 10.2 Å². The predicted molar refractivity (Wildman–Crippen MR) is 138 cm³/mol. The van der Waals surface area contributed by atoms with Crippen molar-refractivity contribution >= 4 is 39.4 Å². The number of fused-ring (bicyclic) bond motifs is 3. The lowest BCUT2D eigenvalue weighted by Gasteiger charge is -2.14. The molecule has 0 aliphatic carbocycles. The lowest BCUT2D eigenvalue weighted by molar-refractivity contribution is -0.140. The number of nitrogens with zero attached hydrogens (tertiary/aromatic N) is 6. The highest BCUT2D eigenvalue weighted by Crippen LogP contribution is 2.37. The van der Waals surface area contributed by atoms with Crippen molar-refractivity contribution in [1.29, 1.82) is 0 Å². The van der Waals surface area contributed by atoms with Gasteiger partial charge < -0.3 is 9.30 Å². The van der Waals surface area contributed by atoms with E-state index in [1.54, 1.807) is 42.5 Å². The first-order chi connectivity index (χ1) is 17.5. The smallest absolute Gasteiger partial charge is 0.305 e. The Kier molecular flexibility index (Phi) is 7.28. The minimum absolute atomic E-state index is 0.144. The summed E-state index contributed by atoms with van der Waals surface area (Å²) in [4.78, 5) is 21.0. The SMILES string of the molecule is COC(=O)CC[C@@H]1N=C(c2ccccc2F)c2cc(Br)ccc2-n2c(SCCn3ccnc3)nnc21. The second-order valence-electron chi connectivity index (χ2n) is 8.07. The van der Waals surface area contributed by atoms with Gasteiger partial charge in [-0.2, -0.15) is 0 Å². The summed E-state index contributed by atoms with van der Waals surface area (Å²) >= 11 is 5.12. The molecule has 11 heteroatoms. The molecule has 3 heterocycles. The summed E-state index contributed by atoms with van der Waals surface area (Å²) in [5, 5.41) is 9.67. The molecular formula is C25H22BrFN6O2S. The van der Waals surface area contributed by atoms with Gasteiger partial charge in [-0.1, -0.05) is 39.8 Å². The molecule has 1 aliphatic heterocycles. The van der Waals surface area contributed by atoms with Crippen LogP contribution in [-0.2, 0) is 16.1 Å². The maximum absolute atomic E-state index is 15.0. The highest BCUT2D eigenvalue weighted by molar-refractivity contribution is 9.10. The molecule has 36 heavy (non-hydrogen) atoms. The van der Waals surface area contributed by atoms with E-state index < -0.39 is 6.04 Å². The van der Waals surface area contributed by atoms with Crippen LogP contribution in [0.25, 0.3) is 5.69 Å². The summed E-state index contributed by atoms with van der Waals surface area (Å²) in [5.41, 5.74) is 2.42. The quantitative estimate of drug-likeness (QED) is 0.219. The Bertz CT molecular complexity index is 1420. The Morgan fingerprint density at radius 1 is 1.19 bits per heavy atom. The summed E-state index contributed by atoms with van der Waals surface area (Å²) in [7, 11) is 1.36. The number of aryl methyl sites for hydroxylation is 1. The zero-order chi connectivity index (χ0) is 25.1. The molecule has 5 rings (SSSR count). The summed E-state index contributed by atoms with van der Waals surface area (Å²) < 4.78 is 24.7. The van der Waals surface area contributed by atoms with Crippen LogP contribution < -0.4 is 0 Å². The van der Waals surface area contributed by atoms with Gasteiger partial charge in [0.05, 0.1) is 24.8 Å². The minimum Gasteiger partial charge on any atom is -0.469 e. The van der Waals surface area contributed by atoms with E-state index in [4.69, 9.17) is 9.73 Å². The molecule has 2 aromatic carbocycles. The molecule has 0 saturated heterocycles. The van der Waals surface area contributed by atoms with Crippen LogP contribution in [-0.4, -0.2) is 48.9 Å². The second-order valence-corrected chi connectivity index (χ2v) is 10.1. The van der Waals surface area contributed by atoms with E-state index in [1.807, 2.05) is 33.5 Å². The van der Waals surface area contributed by atoms with Gasteiger partial charge in [0.25, 0.3) is 0 Å². The van der Waals surface area contributed by atoms with Crippen molar-refractivity contribution in [2.75, 3.05) is 12.9 Å². The van der Waals surface area contributed by atoms with Gasteiger partial charge in [-0.25, -0.2) is 9.37 Å². The number of rotatable bonds is 8. The van der Waals surface area contributed by atoms with Crippen molar-refractivity contribution in [2.45, 2.75) is 30.6 Å². The number of halogens is 2. The Balaban J connectivity index is 1.61. The number of carbonyl (C=O) groups excluding carboxylic acids is 1. The lowest BCUT2D eigenvalue weighted by Crippen LogP contribution is -2.10. The zero-order valence-electron chi connectivity index (χ0n) is 19.3. The van der Waals surface area contributed by atoms with Crippen molar-refractivity contribution in [1.82, 2.24) is 24.3 Å². The average Bonchev–Trinajstić information content (AvgIpc) is 3.53. The largest absolute Gasteiger partial charge is 0.469 e. The fraction of sp³-hybridized carbons (Fsp3) is 0.240. The first kappa shape index (κ1) is 24.4. The van der Waals surface area contributed by atoms with Crippen LogP contribution in [0.15, 0.2) is 75.8 Å². The van der Waals surface area contributed by atoms with Gasteiger partial charge in [0, 0.05) is 46.7 Å². The maximum atomic E-state index is 15.0. The van der Waals surface area contributed by atoms with Crippen molar-refractivity contribution in [2.24, 2.45) is 4.99 Å². The van der Waals surface area contributed by atoms with Crippen molar-refractivity contribution in [3.05, 3.63) is 88.4 Å². The molecule has 0 radical (unpaired) electrons. The van der Waals surface area contributed by atoms with Gasteiger partial charge in [-0.3, -0.25) is 14.4 Å². The summed E-state index contributed by atoms with van der Waals surface area (Å²) in [6, 6.07) is 11.8. The standard InChI is InChI=1S/C25H22BrFN6O2S/c1-35-22(34)9-7-20-24-30-31-25(36-13-12-32-11-10-28-15-32)33(24)21-8-6-16(26)14-18(21)23(29-20)17-4-2-3-5-19(17)27/h2-6,8,10-11,14-15,20H,7,9,12-13H2,1H3/t20-/m0/s1. The van der Waals surface area contributed by atoms with Crippen molar-refractivity contribution in [3.63, 3.8) is 0 Å². The topological polar surface area (TPSA) is 87.2 Å². The predicted octanol–water partition coefficient (Wildman–Crippen LogP) is 5.00. The molecule has 0 spiro atoms. The van der Waals surface area contributed by atoms with Crippen LogP contribution in [0.2, 0.25) is 0 Å². The van der Waals surface area contributed by atoms with Crippen molar-refractivity contribution < 1.29 is 13.9 Å². The van der Waals surface area contributed by atoms with Crippen molar-refractivity contribution in [3.8, 4) is 5.69 Å². The third-order valence-electron chi connectivity index (χ3n) is 5.81. The van der Waals surface area contributed by atoms with Crippen LogP contribution in [0, 0.1) is 5.82 Å². The Labute approximate surface area is 219 Å². The molecule has 0 amide bonds. The van der Waals surface area contributed by atoms with E-state index in [1.165, 1.54) is 13.2 Å². The Morgan fingerprint density at radius 3 is 2.83 bits per heavy atom. The molecule has 1 atom stereocenters. The highest BCUT2D eigenvalue weighted by atomic mass is 79.9. The lowest BCUT2D eigenvalue weighted by atomic mass is 10.00. The number of ether oxygens (including phenoxy) is 1. The number of aliphatic imine (C=N–C) groups is 1. The van der Waals surface area contributed by atoms with Gasteiger partial charge in [0.1, 0.15) is 11.9 Å². The molecule has 1 aliphatic rings. The van der Waals surface area contributed by atoms with Crippen LogP contribution >= 0.6 is 27.7 Å². The van der Waals surface area contributed by atoms with Gasteiger partial charge >= 0.3 is 5.97 Å². The number of benzene rings is 2. The molecule has 0 bridgehead atoms. The third-order valence-corrected chi connectivity index (χ3v) is 7.22. The number of hydrogen-bond acceptors (Lipinski definition) is 7. The third kappa shape index (κ3) is 4.98. The molecule has 184 valence electrons.